The van der Waals surface area contributed by atoms with Crippen molar-refractivity contribution in [3.63, 3.8) is 0 Å². The molecular formula is C20H15ClN2O3. The molecule has 0 fully saturated rings. The zero-order valence-electron chi connectivity index (χ0n) is 13.9. The number of hydrogen-bond donors (Lipinski definition) is 1. The Hall–Kier alpha value is -3.05. The Morgan fingerprint density at radius 1 is 1.15 bits per heavy atom. The van der Waals surface area contributed by atoms with Crippen LogP contribution in [0.5, 0.6) is 5.75 Å². The van der Waals surface area contributed by atoms with Gasteiger partial charge in [0.2, 0.25) is 0 Å². The normalized spacial score (nSPS) is 11.2. The fraction of sp³-hybridized carbons (Fsp3) is 0.100. The van der Waals surface area contributed by atoms with Gasteiger partial charge in [0.05, 0.1) is 17.8 Å². The number of nitrogens with zero attached hydrogens (tertiary/aromatic N) is 2. The van der Waals surface area contributed by atoms with E-state index in [0.717, 1.165) is 5.56 Å². The number of hydrogen-bond acceptors (Lipinski definition) is 4. The Kier molecular flexibility index (Phi) is 4.01. The molecule has 5 nitrogen and oxygen atoms in total. The number of pyridine rings is 1. The largest absolute Gasteiger partial charge is 0.506 e. The highest BCUT2D eigenvalue weighted by Gasteiger charge is 2.21. The van der Waals surface area contributed by atoms with Crippen molar-refractivity contribution < 1.29 is 9.63 Å². The summed E-state index contributed by atoms with van der Waals surface area (Å²) in [6, 6.07) is 16.3. The molecular weight excluding hydrogens is 352 g/mol. The highest BCUT2D eigenvalue weighted by atomic mass is 35.5. The molecule has 4 rings (SSSR count). The van der Waals surface area contributed by atoms with Gasteiger partial charge in [-0.3, -0.25) is 4.79 Å². The molecule has 26 heavy (non-hydrogen) atoms. The van der Waals surface area contributed by atoms with E-state index in [2.05, 4.69) is 5.16 Å². The first-order chi connectivity index (χ1) is 12.5. The van der Waals surface area contributed by atoms with Crippen LogP contribution < -0.4 is 5.56 Å². The second kappa shape index (κ2) is 6.35. The molecule has 0 amide bonds. The van der Waals surface area contributed by atoms with Gasteiger partial charge >= 0.3 is 0 Å². The molecule has 0 aliphatic heterocycles. The van der Waals surface area contributed by atoms with E-state index < -0.39 is 0 Å². The van der Waals surface area contributed by atoms with Gasteiger partial charge in [-0.05, 0) is 30.7 Å². The van der Waals surface area contributed by atoms with E-state index in [4.69, 9.17) is 16.1 Å². The van der Waals surface area contributed by atoms with Crippen LogP contribution in [0.3, 0.4) is 0 Å². The summed E-state index contributed by atoms with van der Waals surface area (Å²) < 4.78 is 6.85. The Labute approximate surface area is 154 Å². The van der Waals surface area contributed by atoms with Crippen LogP contribution in [-0.2, 0) is 6.54 Å². The molecule has 0 bridgehead atoms. The van der Waals surface area contributed by atoms with Crippen molar-refractivity contribution in [2.45, 2.75) is 13.5 Å². The first-order valence-corrected chi connectivity index (χ1v) is 8.45. The number of rotatable bonds is 3. The molecule has 0 aliphatic carbocycles. The Morgan fingerprint density at radius 2 is 1.92 bits per heavy atom. The molecule has 0 unspecified atom stereocenters. The van der Waals surface area contributed by atoms with Crippen molar-refractivity contribution in [1.29, 1.82) is 0 Å². The SMILES string of the molecule is Cc1cc(-c2c(O)c3cc(Cl)ccc3n(Cc3ccccc3)c2=O)on1. The van der Waals surface area contributed by atoms with Gasteiger partial charge in [-0.2, -0.15) is 0 Å². The lowest BCUT2D eigenvalue weighted by molar-refractivity contribution is 0.421. The molecule has 6 heteroatoms. The maximum atomic E-state index is 13.2. The maximum absolute atomic E-state index is 13.2. The number of fused-ring (bicyclic) bond motifs is 1. The van der Waals surface area contributed by atoms with Crippen LogP contribution in [0.1, 0.15) is 11.3 Å². The Balaban J connectivity index is 2.04. The van der Waals surface area contributed by atoms with Crippen LogP contribution in [0.15, 0.2) is 63.9 Å². The Morgan fingerprint density at radius 3 is 2.62 bits per heavy atom. The average Bonchev–Trinajstić information content (AvgIpc) is 3.06. The summed E-state index contributed by atoms with van der Waals surface area (Å²) in [5.41, 5.74) is 1.92. The molecule has 130 valence electrons. The summed E-state index contributed by atoms with van der Waals surface area (Å²) in [6.45, 7) is 2.11. The molecule has 0 atom stereocenters. The summed E-state index contributed by atoms with van der Waals surface area (Å²) in [7, 11) is 0. The smallest absolute Gasteiger partial charge is 0.266 e. The van der Waals surface area contributed by atoms with Gasteiger partial charge in [-0.15, -0.1) is 0 Å². The Bertz CT molecular complexity index is 1160. The first-order valence-electron chi connectivity index (χ1n) is 8.07. The fourth-order valence-electron chi connectivity index (χ4n) is 3.04. The van der Waals surface area contributed by atoms with Crippen molar-refractivity contribution in [3.8, 4) is 17.1 Å². The van der Waals surface area contributed by atoms with E-state index in [-0.39, 0.29) is 22.6 Å². The van der Waals surface area contributed by atoms with E-state index in [1.807, 2.05) is 30.3 Å². The number of benzene rings is 2. The molecule has 2 heterocycles. The van der Waals surface area contributed by atoms with Crippen LogP contribution in [0.2, 0.25) is 5.02 Å². The lowest BCUT2D eigenvalue weighted by Crippen LogP contribution is -2.23. The first kappa shape index (κ1) is 16.4. The van der Waals surface area contributed by atoms with Gasteiger partial charge in [0.25, 0.3) is 5.56 Å². The summed E-state index contributed by atoms with van der Waals surface area (Å²) in [6.07, 6.45) is 0. The van der Waals surface area contributed by atoms with Crippen LogP contribution in [0.4, 0.5) is 0 Å². The number of halogens is 1. The van der Waals surface area contributed by atoms with Gasteiger partial charge in [0.15, 0.2) is 5.76 Å². The molecule has 0 saturated heterocycles. The predicted octanol–water partition coefficient (Wildman–Crippen LogP) is 4.37. The van der Waals surface area contributed by atoms with Gasteiger partial charge in [0.1, 0.15) is 11.3 Å². The van der Waals surface area contributed by atoms with Crippen molar-refractivity contribution in [3.05, 3.63) is 81.2 Å². The van der Waals surface area contributed by atoms with Crippen LogP contribution in [0.25, 0.3) is 22.2 Å². The lowest BCUT2D eigenvalue weighted by atomic mass is 10.1. The standard InChI is InChI=1S/C20H15ClN2O3/c1-12-9-17(26-22-12)18-19(24)15-10-14(21)7-8-16(15)23(20(18)25)11-13-5-3-2-4-6-13/h2-10,24H,11H2,1H3. The molecule has 0 saturated carbocycles. The zero-order valence-corrected chi connectivity index (χ0v) is 14.7. The highest BCUT2D eigenvalue weighted by Crippen LogP contribution is 2.34. The molecule has 2 aromatic heterocycles. The minimum Gasteiger partial charge on any atom is -0.506 e. The van der Waals surface area contributed by atoms with E-state index in [0.29, 0.717) is 28.2 Å². The topological polar surface area (TPSA) is 68.3 Å². The number of aromatic hydroxyl groups is 1. The molecule has 4 aromatic rings. The summed E-state index contributed by atoms with van der Waals surface area (Å²) >= 11 is 6.11. The van der Waals surface area contributed by atoms with Crippen molar-refractivity contribution >= 4 is 22.5 Å². The van der Waals surface area contributed by atoms with Gasteiger partial charge in [-0.25, -0.2) is 0 Å². The third kappa shape index (κ3) is 2.76. The predicted molar refractivity (Wildman–Crippen MR) is 101 cm³/mol. The highest BCUT2D eigenvalue weighted by molar-refractivity contribution is 6.31. The van der Waals surface area contributed by atoms with Crippen LogP contribution >= 0.6 is 11.6 Å². The van der Waals surface area contributed by atoms with Gasteiger partial charge in [0, 0.05) is 16.5 Å². The molecule has 0 radical (unpaired) electrons. The molecule has 0 aliphatic rings. The van der Waals surface area contributed by atoms with E-state index >= 15 is 0 Å². The third-order valence-corrected chi connectivity index (χ3v) is 4.49. The summed E-state index contributed by atoms with van der Waals surface area (Å²) in [4.78, 5) is 13.2. The summed E-state index contributed by atoms with van der Waals surface area (Å²) in [5.74, 6) is 0.0710. The van der Waals surface area contributed by atoms with Crippen LogP contribution in [0, 0.1) is 6.92 Å². The van der Waals surface area contributed by atoms with Crippen LogP contribution in [-0.4, -0.2) is 14.8 Å². The summed E-state index contributed by atoms with van der Waals surface area (Å²) in [5, 5.41) is 15.5. The van der Waals surface area contributed by atoms with Crippen molar-refractivity contribution in [1.82, 2.24) is 9.72 Å². The molecule has 1 N–H and O–H groups in total. The van der Waals surface area contributed by atoms with Crippen molar-refractivity contribution in [2.75, 3.05) is 0 Å². The average molecular weight is 367 g/mol. The molecule has 0 spiro atoms. The lowest BCUT2D eigenvalue weighted by Gasteiger charge is -2.14. The monoisotopic (exact) mass is 366 g/mol. The van der Waals surface area contributed by atoms with E-state index in [1.165, 1.54) is 0 Å². The van der Waals surface area contributed by atoms with E-state index in [9.17, 15) is 9.90 Å². The number of aryl methyl sites for hydroxylation is 1. The zero-order chi connectivity index (χ0) is 18.3. The molecule has 2 aromatic carbocycles. The van der Waals surface area contributed by atoms with Crippen molar-refractivity contribution in [2.24, 2.45) is 0 Å². The van der Waals surface area contributed by atoms with Gasteiger partial charge < -0.3 is 14.2 Å². The third-order valence-electron chi connectivity index (χ3n) is 4.26. The second-order valence-corrected chi connectivity index (χ2v) is 6.53. The fourth-order valence-corrected chi connectivity index (χ4v) is 3.21. The quantitative estimate of drug-likeness (QED) is 0.584. The van der Waals surface area contributed by atoms with Gasteiger partial charge in [-0.1, -0.05) is 47.1 Å². The van der Waals surface area contributed by atoms with E-state index in [1.54, 1.807) is 35.8 Å². The maximum Gasteiger partial charge on any atom is 0.266 e. The second-order valence-electron chi connectivity index (χ2n) is 6.09. The minimum atomic E-state index is -0.350. The number of aromatic nitrogens is 2. The minimum absolute atomic E-state index is 0.0799.